The van der Waals surface area contributed by atoms with E-state index in [0.717, 1.165) is 23.7 Å². The van der Waals surface area contributed by atoms with Crippen LogP contribution in [-0.2, 0) is 11.3 Å². The number of halogens is 2. The van der Waals surface area contributed by atoms with Crippen LogP contribution in [0.1, 0.15) is 24.8 Å². The lowest BCUT2D eigenvalue weighted by Gasteiger charge is -2.23. The summed E-state index contributed by atoms with van der Waals surface area (Å²) in [7, 11) is 1.70. The highest BCUT2D eigenvalue weighted by Gasteiger charge is 2.32. The Balaban J connectivity index is 2.06. The lowest BCUT2D eigenvalue weighted by Crippen LogP contribution is -2.39. The Kier molecular flexibility index (Phi) is 4.58. The second-order valence-corrected chi connectivity index (χ2v) is 6.05. The number of carbonyl (C=O) groups is 1. The van der Waals surface area contributed by atoms with Gasteiger partial charge in [-0.05, 0) is 31.0 Å². The van der Waals surface area contributed by atoms with Gasteiger partial charge in [-0.15, -0.1) is 0 Å². The van der Waals surface area contributed by atoms with E-state index in [2.05, 4.69) is 15.9 Å². The fourth-order valence-corrected chi connectivity index (χ4v) is 2.98. The van der Waals surface area contributed by atoms with Crippen molar-refractivity contribution in [2.24, 2.45) is 11.7 Å². The zero-order valence-corrected chi connectivity index (χ0v) is 12.5. The van der Waals surface area contributed by atoms with E-state index in [1.165, 1.54) is 6.07 Å². The van der Waals surface area contributed by atoms with E-state index in [4.69, 9.17) is 5.73 Å². The van der Waals surface area contributed by atoms with Crippen molar-refractivity contribution >= 4 is 21.8 Å². The van der Waals surface area contributed by atoms with Crippen LogP contribution in [0.5, 0.6) is 0 Å². The third-order valence-electron chi connectivity index (χ3n) is 3.68. The lowest BCUT2D eigenvalue weighted by atomic mass is 10.0. The molecule has 2 rings (SSSR count). The number of hydrogen-bond acceptors (Lipinski definition) is 2. The standard InChI is InChI=1S/C14H18BrFN2O/c1-18(14(19)11-3-2-4-13(11)17)8-9-7-10(15)5-6-12(9)16/h5-7,11,13H,2-4,8,17H2,1H3/t11-,13-/m0/s1. The first-order valence-corrected chi connectivity index (χ1v) is 7.23. The van der Waals surface area contributed by atoms with Crippen LogP contribution in [0, 0.1) is 11.7 Å². The largest absolute Gasteiger partial charge is 0.341 e. The fourth-order valence-electron chi connectivity index (χ4n) is 2.58. The summed E-state index contributed by atoms with van der Waals surface area (Å²) in [6.45, 7) is 0.271. The molecule has 1 aliphatic carbocycles. The first-order valence-electron chi connectivity index (χ1n) is 6.43. The first-order chi connectivity index (χ1) is 8.99. The number of benzene rings is 1. The van der Waals surface area contributed by atoms with Crippen molar-refractivity contribution in [3.05, 3.63) is 34.1 Å². The molecule has 2 N–H and O–H groups in total. The minimum absolute atomic E-state index is 0.0179. The van der Waals surface area contributed by atoms with Crippen molar-refractivity contribution in [1.29, 1.82) is 0 Å². The van der Waals surface area contributed by atoms with Gasteiger partial charge >= 0.3 is 0 Å². The van der Waals surface area contributed by atoms with Gasteiger partial charge in [0, 0.05) is 29.7 Å². The Morgan fingerprint density at radius 2 is 2.26 bits per heavy atom. The van der Waals surface area contributed by atoms with Crippen molar-refractivity contribution in [3.63, 3.8) is 0 Å². The third-order valence-corrected chi connectivity index (χ3v) is 4.17. The Labute approximate surface area is 121 Å². The summed E-state index contributed by atoms with van der Waals surface area (Å²) in [5, 5.41) is 0. The van der Waals surface area contributed by atoms with Gasteiger partial charge in [-0.3, -0.25) is 4.79 Å². The minimum atomic E-state index is -0.293. The van der Waals surface area contributed by atoms with Gasteiger partial charge in [0.15, 0.2) is 0 Å². The molecular weight excluding hydrogens is 311 g/mol. The molecule has 1 aromatic carbocycles. The van der Waals surface area contributed by atoms with Crippen molar-refractivity contribution in [2.75, 3.05) is 7.05 Å². The zero-order chi connectivity index (χ0) is 14.0. The van der Waals surface area contributed by atoms with Crippen LogP contribution in [0.3, 0.4) is 0 Å². The van der Waals surface area contributed by atoms with E-state index in [0.29, 0.717) is 5.56 Å². The molecule has 0 aromatic heterocycles. The molecule has 2 atom stereocenters. The lowest BCUT2D eigenvalue weighted by molar-refractivity contribution is -0.134. The Bertz CT molecular complexity index is 481. The predicted molar refractivity (Wildman–Crippen MR) is 75.9 cm³/mol. The summed E-state index contributed by atoms with van der Waals surface area (Å²) in [6.07, 6.45) is 2.73. The summed E-state index contributed by atoms with van der Waals surface area (Å²) >= 11 is 3.31. The highest BCUT2D eigenvalue weighted by atomic mass is 79.9. The molecule has 1 saturated carbocycles. The quantitative estimate of drug-likeness (QED) is 0.927. The average Bonchev–Trinajstić information content (AvgIpc) is 2.79. The molecule has 1 aliphatic rings. The summed E-state index contributed by atoms with van der Waals surface area (Å²) in [5.74, 6) is -0.386. The van der Waals surface area contributed by atoms with Gasteiger partial charge in [0.05, 0.1) is 5.92 Å². The van der Waals surface area contributed by atoms with Crippen molar-refractivity contribution in [1.82, 2.24) is 4.90 Å². The molecule has 0 saturated heterocycles. The minimum Gasteiger partial charge on any atom is -0.341 e. The molecule has 3 nitrogen and oxygen atoms in total. The molecule has 1 amide bonds. The molecule has 19 heavy (non-hydrogen) atoms. The molecule has 104 valence electrons. The van der Waals surface area contributed by atoms with E-state index < -0.39 is 0 Å². The maximum atomic E-state index is 13.7. The van der Waals surface area contributed by atoms with Crippen LogP contribution in [0.15, 0.2) is 22.7 Å². The van der Waals surface area contributed by atoms with Crippen LogP contribution in [0.2, 0.25) is 0 Å². The molecule has 0 bridgehead atoms. The van der Waals surface area contributed by atoms with Gasteiger partial charge in [0.1, 0.15) is 5.82 Å². The van der Waals surface area contributed by atoms with Crippen LogP contribution in [0.25, 0.3) is 0 Å². The monoisotopic (exact) mass is 328 g/mol. The maximum Gasteiger partial charge on any atom is 0.227 e. The third kappa shape index (κ3) is 3.34. The van der Waals surface area contributed by atoms with Crippen molar-refractivity contribution in [3.8, 4) is 0 Å². The maximum absolute atomic E-state index is 13.7. The molecule has 0 spiro atoms. The predicted octanol–water partition coefficient (Wildman–Crippen LogP) is 2.67. The second kappa shape index (κ2) is 6.01. The van der Waals surface area contributed by atoms with Crippen molar-refractivity contribution < 1.29 is 9.18 Å². The van der Waals surface area contributed by atoms with Gasteiger partial charge in [-0.25, -0.2) is 4.39 Å². The van der Waals surface area contributed by atoms with Crippen LogP contribution in [-0.4, -0.2) is 23.9 Å². The summed E-state index contributed by atoms with van der Waals surface area (Å²) < 4.78 is 14.5. The van der Waals surface area contributed by atoms with Gasteiger partial charge in [-0.1, -0.05) is 22.4 Å². The van der Waals surface area contributed by atoms with Gasteiger partial charge in [0.2, 0.25) is 5.91 Å². The van der Waals surface area contributed by atoms with Gasteiger partial charge < -0.3 is 10.6 Å². The smallest absolute Gasteiger partial charge is 0.227 e. The number of hydrogen-bond donors (Lipinski definition) is 1. The summed E-state index contributed by atoms with van der Waals surface area (Å²) in [4.78, 5) is 13.8. The number of amides is 1. The second-order valence-electron chi connectivity index (χ2n) is 5.13. The number of nitrogens with two attached hydrogens (primary N) is 1. The number of nitrogens with zero attached hydrogens (tertiary/aromatic N) is 1. The first kappa shape index (κ1) is 14.5. The number of carbonyl (C=O) groups excluding carboxylic acids is 1. The summed E-state index contributed by atoms with van der Waals surface area (Å²) in [6, 6.07) is 4.70. The summed E-state index contributed by atoms with van der Waals surface area (Å²) in [5.41, 5.74) is 6.45. The molecule has 0 unspecified atom stereocenters. The van der Waals surface area contributed by atoms with E-state index >= 15 is 0 Å². The Morgan fingerprint density at radius 1 is 1.53 bits per heavy atom. The Hall–Kier alpha value is -0.940. The number of rotatable bonds is 3. The van der Waals surface area contributed by atoms with Gasteiger partial charge in [-0.2, -0.15) is 0 Å². The van der Waals surface area contributed by atoms with Crippen LogP contribution in [0.4, 0.5) is 4.39 Å². The zero-order valence-electron chi connectivity index (χ0n) is 10.9. The highest BCUT2D eigenvalue weighted by Crippen LogP contribution is 2.26. The van der Waals surface area contributed by atoms with Crippen LogP contribution < -0.4 is 5.73 Å². The van der Waals surface area contributed by atoms with E-state index in [1.807, 2.05) is 0 Å². The molecule has 0 aliphatic heterocycles. The Morgan fingerprint density at radius 3 is 2.89 bits per heavy atom. The van der Waals surface area contributed by atoms with Crippen LogP contribution >= 0.6 is 15.9 Å². The van der Waals surface area contributed by atoms with E-state index in [9.17, 15) is 9.18 Å². The van der Waals surface area contributed by atoms with Crippen molar-refractivity contribution in [2.45, 2.75) is 31.8 Å². The van der Waals surface area contributed by atoms with E-state index in [-0.39, 0.29) is 30.2 Å². The average molecular weight is 329 g/mol. The molecule has 1 aromatic rings. The molecule has 5 heteroatoms. The molecular formula is C14H18BrFN2O. The SMILES string of the molecule is CN(Cc1cc(Br)ccc1F)C(=O)[C@H]1CCC[C@@H]1N. The molecule has 1 fully saturated rings. The normalized spacial score (nSPS) is 22.5. The molecule has 0 heterocycles. The molecule has 0 radical (unpaired) electrons. The highest BCUT2D eigenvalue weighted by molar-refractivity contribution is 9.10. The van der Waals surface area contributed by atoms with E-state index in [1.54, 1.807) is 24.1 Å². The van der Waals surface area contributed by atoms with Gasteiger partial charge in [0.25, 0.3) is 0 Å². The topological polar surface area (TPSA) is 46.3 Å². The fraction of sp³-hybridized carbons (Fsp3) is 0.500.